The maximum atomic E-state index is 11.6. The standard InChI is InChI=1S/C12H21NO3/c1-4-6-8-9(3)11(14)13-10(7-5-2)12(15)16/h5,9-10H,2,4,6-8H2,1,3H3,(H,13,14)(H,15,16)/t9?,10-/m0/s1. The molecule has 0 aliphatic carbocycles. The van der Waals surface area contributed by atoms with E-state index in [9.17, 15) is 9.59 Å². The average Bonchev–Trinajstić information content (AvgIpc) is 2.24. The van der Waals surface area contributed by atoms with Crippen LogP contribution < -0.4 is 5.32 Å². The number of hydrogen-bond acceptors (Lipinski definition) is 2. The van der Waals surface area contributed by atoms with Crippen molar-refractivity contribution in [1.82, 2.24) is 5.32 Å². The molecule has 0 radical (unpaired) electrons. The molecule has 4 nitrogen and oxygen atoms in total. The first-order valence-electron chi connectivity index (χ1n) is 5.67. The fraction of sp³-hybridized carbons (Fsp3) is 0.667. The summed E-state index contributed by atoms with van der Waals surface area (Å²) in [5, 5.41) is 11.4. The molecule has 0 aromatic rings. The molecule has 0 aromatic heterocycles. The maximum absolute atomic E-state index is 11.6. The molecule has 16 heavy (non-hydrogen) atoms. The number of rotatable bonds is 8. The lowest BCUT2D eigenvalue weighted by Crippen LogP contribution is -2.42. The maximum Gasteiger partial charge on any atom is 0.326 e. The van der Waals surface area contributed by atoms with E-state index >= 15 is 0 Å². The monoisotopic (exact) mass is 227 g/mol. The van der Waals surface area contributed by atoms with Gasteiger partial charge in [0.15, 0.2) is 0 Å². The molecule has 0 saturated carbocycles. The molecular weight excluding hydrogens is 206 g/mol. The van der Waals surface area contributed by atoms with E-state index in [0.29, 0.717) is 0 Å². The quantitative estimate of drug-likeness (QED) is 0.623. The molecule has 1 amide bonds. The summed E-state index contributed by atoms with van der Waals surface area (Å²) in [6, 6.07) is -0.853. The van der Waals surface area contributed by atoms with Crippen LogP contribution in [0.3, 0.4) is 0 Å². The summed E-state index contributed by atoms with van der Waals surface area (Å²) in [6.45, 7) is 7.35. The van der Waals surface area contributed by atoms with E-state index < -0.39 is 12.0 Å². The lowest BCUT2D eigenvalue weighted by molar-refractivity contribution is -0.142. The molecule has 0 fully saturated rings. The normalized spacial score (nSPS) is 13.9. The van der Waals surface area contributed by atoms with Crippen LogP contribution in [-0.2, 0) is 9.59 Å². The Hall–Kier alpha value is -1.32. The Balaban J connectivity index is 4.17. The summed E-state index contributed by atoms with van der Waals surface area (Å²) < 4.78 is 0. The van der Waals surface area contributed by atoms with Crippen molar-refractivity contribution in [3.8, 4) is 0 Å². The fourth-order valence-electron chi connectivity index (χ4n) is 1.34. The molecule has 0 heterocycles. The molecule has 0 aliphatic heterocycles. The highest BCUT2D eigenvalue weighted by Gasteiger charge is 2.21. The van der Waals surface area contributed by atoms with E-state index in [-0.39, 0.29) is 18.2 Å². The van der Waals surface area contributed by atoms with Crippen molar-refractivity contribution in [2.75, 3.05) is 0 Å². The van der Waals surface area contributed by atoms with Crippen LogP contribution >= 0.6 is 0 Å². The molecule has 0 rings (SSSR count). The van der Waals surface area contributed by atoms with Gasteiger partial charge in [0.2, 0.25) is 5.91 Å². The van der Waals surface area contributed by atoms with Gasteiger partial charge in [0.25, 0.3) is 0 Å². The number of carbonyl (C=O) groups is 2. The van der Waals surface area contributed by atoms with Gasteiger partial charge >= 0.3 is 5.97 Å². The third-order valence-electron chi connectivity index (χ3n) is 2.46. The molecule has 1 unspecified atom stereocenters. The zero-order valence-electron chi connectivity index (χ0n) is 10.0. The highest BCUT2D eigenvalue weighted by molar-refractivity contribution is 5.84. The molecule has 0 spiro atoms. The zero-order chi connectivity index (χ0) is 12.6. The minimum atomic E-state index is -1.02. The first-order valence-corrected chi connectivity index (χ1v) is 5.67. The lowest BCUT2D eigenvalue weighted by Gasteiger charge is -2.16. The van der Waals surface area contributed by atoms with Crippen molar-refractivity contribution >= 4 is 11.9 Å². The van der Waals surface area contributed by atoms with Crippen LogP contribution in [-0.4, -0.2) is 23.0 Å². The largest absolute Gasteiger partial charge is 0.480 e. The molecule has 2 atom stereocenters. The Morgan fingerprint density at radius 3 is 2.56 bits per heavy atom. The average molecular weight is 227 g/mol. The molecule has 2 N–H and O–H groups in total. The van der Waals surface area contributed by atoms with E-state index in [0.717, 1.165) is 19.3 Å². The third-order valence-corrected chi connectivity index (χ3v) is 2.46. The fourth-order valence-corrected chi connectivity index (χ4v) is 1.34. The number of unbranched alkanes of at least 4 members (excludes halogenated alkanes) is 1. The lowest BCUT2D eigenvalue weighted by atomic mass is 10.0. The van der Waals surface area contributed by atoms with Crippen molar-refractivity contribution in [3.05, 3.63) is 12.7 Å². The second kappa shape index (κ2) is 7.91. The summed E-state index contributed by atoms with van der Waals surface area (Å²) in [5.41, 5.74) is 0. The van der Waals surface area contributed by atoms with Crippen molar-refractivity contribution in [2.24, 2.45) is 5.92 Å². The molecule has 0 bridgehead atoms. The minimum absolute atomic E-state index is 0.133. The molecule has 0 aromatic carbocycles. The van der Waals surface area contributed by atoms with Crippen LogP contribution in [0.4, 0.5) is 0 Å². The van der Waals surface area contributed by atoms with Gasteiger partial charge < -0.3 is 10.4 Å². The number of hydrogen-bond donors (Lipinski definition) is 2. The van der Waals surface area contributed by atoms with Crippen molar-refractivity contribution < 1.29 is 14.7 Å². The van der Waals surface area contributed by atoms with Crippen molar-refractivity contribution in [2.45, 2.75) is 45.6 Å². The van der Waals surface area contributed by atoms with Crippen molar-refractivity contribution in [1.29, 1.82) is 0 Å². The SMILES string of the molecule is C=CC[C@H](NC(=O)C(C)CCCC)C(=O)O. The second-order valence-corrected chi connectivity index (χ2v) is 3.97. The number of nitrogens with one attached hydrogen (secondary N) is 1. The van der Waals surface area contributed by atoms with Crippen LogP contribution in [0.2, 0.25) is 0 Å². The molecule has 0 aliphatic rings. The van der Waals surface area contributed by atoms with Crippen molar-refractivity contribution in [3.63, 3.8) is 0 Å². The van der Waals surface area contributed by atoms with E-state index in [1.54, 1.807) is 0 Å². The van der Waals surface area contributed by atoms with Gasteiger partial charge in [-0.05, 0) is 12.8 Å². The van der Waals surface area contributed by atoms with Gasteiger partial charge in [0.1, 0.15) is 6.04 Å². The Labute approximate surface area is 96.7 Å². The summed E-state index contributed by atoms with van der Waals surface area (Å²) in [5.74, 6) is -1.34. The summed E-state index contributed by atoms with van der Waals surface area (Å²) >= 11 is 0. The van der Waals surface area contributed by atoms with Crippen LogP contribution in [0.5, 0.6) is 0 Å². The summed E-state index contributed by atoms with van der Waals surface area (Å²) in [6.07, 6.45) is 4.56. The minimum Gasteiger partial charge on any atom is -0.480 e. The molecule has 92 valence electrons. The topological polar surface area (TPSA) is 66.4 Å². The van der Waals surface area contributed by atoms with Crippen LogP contribution in [0.15, 0.2) is 12.7 Å². The Morgan fingerprint density at radius 2 is 2.12 bits per heavy atom. The second-order valence-electron chi connectivity index (χ2n) is 3.97. The van der Waals surface area contributed by atoms with Gasteiger partial charge in [-0.1, -0.05) is 32.8 Å². The van der Waals surface area contributed by atoms with E-state index in [2.05, 4.69) is 18.8 Å². The Morgan fingerprint density at radius 1 is 1.50 bits per heavy atom. The molecule has 0 saturated heterocycles. The highest BCUT2D eigenvalue weighted by Crippen LogP contribution is 2.08. The molecular formula is C12H21NO3. The zero-order valence-corrected chi connectivity index (χ0v) is 10.0. The van der Waals surface area contributed by atoms with Gasteiger partial charge in [-0.2, -0.15) is 0 Å². The summed E-state index contributed by atoms with van der Waals surface area (Å²) in [7, 11) is 0. The van der Waals surface area contributed by atoms with E-state index in [4.69, 9.17) is 5.11 Å². The van der Waals surface area contributed by atoms with Gasteiger partial charge in [0, 0.05) is 5.92 Å². The van der Waals surface area contributed by atoms with Crippen LogP contribution in [0.1, 0.15) is 39.5 Å². The highest BCUT2D eigenvalue weighted by atomic mass is 16.4. The number of aliphatic carboxylic acids is 1. The van der Waals surface area contributed by atoms with Gasteiger partial charge in [-0.15, -0.1) is 6.58 Å². The van der Waals surface area contributed by atoms with Gasteiger partial charge in [-0.3, -0.25) is 4.79 Å². The number of amides is 1. The number of carboxylic acids is 1. The van der Waals surface area contributed by atoms with Gasteiger partial charge in [0.05, 0.1) is 0 Å². The van der Waals surface area contributed by atoms with E-state index in [1.807, 2.05) is 6.92 Å². The van der Waals surface area contributed by atoms with Crippen LogP contribution in [0.25, 0.3) is 0 Å². The first-order chi connectivity index (χ1) is 7.52. The summed E-state index contributed by atoms with van der Waals surface area (Å²) in [4.78, 5) is 22.4. The first kappa shape index (κ1) is 14.7. The smallest absolute Gasteiger partial charge is 0.326 e. The molecule has 4 heteroatoms. The Bertz CT molecular complexity index is 251. The predicted molar refractivity (Wildman–Crippen MR) is 63.1 cm³/mol. The van der Waals surface area contributed by atoms with E-state index in [1.165, 1.54) is 6.08 Å². The van der Waals surface area contributed by atoms with Gasteiger partial charge in [-0.25, -0.2) is 4.79 Å². The third kappa shape index (κ3) is 5.53. The Kier molecular flexibility index (Phi) is 7.25. The predicted octanol–water partition coefficient (Wildman–Crippen LogP) is 1.96. The van der Waals surface area contributed by atoms with Crippen LogP contribution in [0, 0.1) is 5.92 Å². The number of carboxylic acid groups (broad SMARTS) is 1. The number of carbonyl (C=O) groups excluding carboxylic acids is 1.